The van der Waals surface area contributed by atoms with Gasteiger partial charge in [0.15, 0.2) is 17.2 Å². The molecule has 31 heavy (non-hydrogen) atoms. The van der Waals surface area contributed by atoms with Crippen LogP contribution in [-0.4, -0.2) is 38.3 Å². The van der Waals surface area contributed by atoms with Crippen LogP contribution in [0.5, 0.6) is 5.75 Å². The third kappa shape index (κ3) is 6.44. The summed E-state index contributed by atoms with van der Waals surface area (Å²) in [6.07, 6.45) is 1.64. The van der Waals surface area contributed by atoms with E-state index >= 15 is 0 Å². The van der Waals surface area contributed by atoms with Crippen LogP contribution in [0.4, 0.5) is 4.79 Å². The molecule has 0 radical (unpaired) electrons. The van der Waals surface area contributed by atoms with E-state index in [9.17, 15) is 14.4 Å². The lowest BCUT2D eigenvalue weighted by Crippen LogP contribution is -2.33. The van der Waals surface area contributed by atoms with Crippen molar-refractivity contribution in [3.8, 4) is 16.2 Å². The van der Waals surface area contributed by atoms with E-state index < -0.39 is 18.0 Å². The standard InChI is InChI=1S/C21H25BrN2O6S/c1-4-6-14(24-21(23)27)12-7-9-13(10-8-12)18-16(22)17(19(31-18)20(26)28-3)30-11-15(25)29-5-2/h7-10,14H,4-6,11H2,1-3H3,(H3,23,24,27). The highest BCUT2D eigenvalue weighted by molar-refractivity contribution is 9.10. The molecule has 8 nitrogen and oxygen atoms in total. The van der Waals surface area contributed by atoms with Crippen molar-refractivity contribution < 1.29 is 28.6 Å². The highest BCUT2D eigenvalue weighted by atomic mass is 79.9. The molecule has 0 saturated heterocycles. The van der Waals surface area contributed by atoms with Crippen LogP contribution in [0, 0.1) is 0 Å². The lowest BCUT2D eigenvalue weighted by atomic mass is 10.0. The number of rotatable bonds is 10. The monoisotopic (exact) mass is 512 g/mol. The molecule has 2 rings (SSSR count). The molecule has 0 saturated carbocycles. The van der Waals surface area contributed by atoms with Crippen LogP contribution < -0.4 is 15.8 Å². The number of hydrogen-bond acceptors (Lipinski definition) is 7. The number of primary amides is 1. The van der Waals surface area contributed by atoms with E-state index in [4.69, 9.17) is 19.9 Å². The van der Waals surface area contributed by atoms with Gasteiger partial charge in [0.05, 0.1) is 29.1 Å². The van der Waals surface area contributed by atoms with Gasteiger partial charge in [-0.15, -0.1) is 11.3 Å². The average Bonchev–Trinajstić information content (AvgIpc) is 3.07. The van der Waals surface area contributed by atoms with Gasteiger partial charge < -0.3 is 25.3 Å². The number of nitrogens with two attached hydrogens (primary N) is 1. The van der Waals surface area contributed by atoms with E-state index in [0.717, 1.165) is 28.8 Å². The minimum absolute atomic E-state index is 0.183. The SMILES string of the molecule is CCCC(NC(N)=O)c1ccc(-c2sc(C(=O)OC)c(OCC(=O)OCC)c2Br)cc1. The first-order chi connectivity index (χ1) is 14.8. The Morgan fingerprint density at radius 2 is 1.87 bits per heavy atom. The van der Waals surface area contributed by atoms with Crippen LogP contribution in [0.1, 0.15) is 48.0 Å². The van der Waals surface area contributed by atoms with Crippen LogP contribution >= 0.6 is 27.3 Å². The molecule has 0 aliphatic carbocycles. The van der Waals surface area contributed by atoms with Crippen molar-refractivity contribution in [3.63, 3.8) is 0 Å². The molecule has 2 amide bonds. The summed E-state index contributed by atoms with van der Waals surface area (Å²) >= 11 is 4.67. The molecule has 1 unspecified atom stereocenters. The van der Waals surface area contributed by atoms with Crippen LogP contribution in [0.3, 0.4) is 0 Å². The second-order valence-electron chi connectivity index (χ2n) is 6.46. The topological polar surface area (TPSA) is 117 Å². The lowest BCUT2D eigenvalue weighted by molar-refractivity contribution is -0.145. The Labute approximate surface area is 193 Å². The first-order valence-corrected chi connectivity index (χ1v) is 11.3. The van der Waals surface area contributed by atoms with E-state index in [1.165, 1.54) is 18.4 Å². The Balaban J connectivity index is 2.35. The minimum atomic E-state index is -0.574. The van der Waals surface area contributed by atoms with Crippen molar-refractivity contribution in [3.05, 3.63) is 39.2 Å². The summed E-state index contributed by atoms with van der Waals surface area (Å²) in [7, 11) is 1.28. The van der Waals surface area contributed by atoms with Crippen LogP contribution in [-0.2, 0) is 14.3 Å². The Kier molecular flexibility index (Phi) is 9.32. The first kappa shape index (κ1) is 24.7. The number of ether oxygens (including phenoxy) is 3. The molecule has 1 aromatic heterocycles. The number of urea groups is 1. The largest absolute Gasteiger partial charge is 0.479 e. The summed E-state index contributed by atoms with van der Waals surface area (Å²) in [5.41, 5.74) is 7.03. The fourth-order valence-electron chi connectivity index (χ4n) is 2.92. The molecule has 0 fully saturated rings. The summed E-state index contributed by atoms with van der Waals surface area (Å²) < 4.78 is 15.8. The van der Waals surface area contributed by atoms with Crippen LogP contribution in [0.2, 0.25) is 0 Å². The first-order valence-electron chi connectivity index (χ1n) is 9.67. The number of hydrogen-bond donors (Lipinski definition) is 2. The summed E-state index contributed by atoms with van der Waals surface area (Å²) in [5.74, 6) is -0.879. The van der Waals surface area contributed by atoms with Crippen molar-refractivity contribution in [2.75, 3.05) is 20.3 Å². The second kappa shape index (κ2) is 11.7. The molecule has 0 bridgehead atoms. The van der Waals surface area contributed by atoms with Crippen molar-refractivity contribution in [1.29, 1.82) is 0 Å². The number of halogens is 1. The predicted octanol–water partition coefficient (Wildman–Crippen LogP) is 4.42. The number of thiophene rings is 1. The van der Waals surface area contributed by atoms with E-state index in [1.54, 1.807) is 6.92 Å². The number of benzene rings is 1. The number of amides is 2. The highest BCUT2D eigenvalue weighted by Gasteiger charge is 2.25. The van der Waals surface area contributed by atoms with Gasteiger partial charge in [0, 0.05) is 0 Å². The molecule has 168 valence electrons. The van der Waals surface area contributed by atoms with E-state index in [-0.39, 0.29) is 29.9 Å². The molecule has 3 N–H and O–H groups in total. The number of esters is 2. The summed E-state index contributed by atoms with van der Waals surface area (Å²) in [6.45, 7) is 3.63. The van der Waals surface area contributed by atoms with Crippen molar-refractivity contribution in [1.82, 2.24) is 5.32 Å². The second-order valence-corrected chi connectivity index (χ2v) is 8.27. The van der Waals surface area contributed by atoms with Gasteiger partial charge in [0.1, 0.15) is 0 Å². The van der Waals surface area contributed by atoms with Gasteiger partial charge in [-0.2, -0.15) is 0 Å². The highest BCUT2D eigenvalue weighted by Crippen LogP contribution is 2.46. The van der Waals surface area contributed by atoms with E-state index in [1.807, 2.05) is 31.2 Å². The number of nitrogens with one attached hydrogen (secondary N) is 1. The zero-order valence-electron chi connectivity index (χ0n) is 17.5. The van der Waals surface area contributed by atoms with Crippen LogP contribution in [0.25, 0.3) is 10.4 Å². The number of carbonyl (C=O) groups excluding carboxylic acids is 3. The fourth-order valence-corrected chi connectivity index (χ4v) is 4.90. The van der Waals surface area contributed by atoms with Crippen molar-refractivity contribution in [2.45, 2.75) is 32.7 Å². The maximum atomic E-state index is 12.2. The normalized spacial score (nSPS) is 11.5. The molecule has 10 heteroatoms. The molecular formula is C21H25BrN2O6S. The average molecular weight is 513 g/mol. The summed E-state index contributed by atoms with van der Waals surface area (Å²) in [4.78, 5) is 36.2. The quantitative estimate of drug-likeness (QED) is 0.455. The Morgan fingerprint density at radius 3 is 2.42 bits per heavy atom. The molecule has 1 heterocycles. The van der Waals surface area contributed by atoms with Crippen molar-refractivity contribution >= 4 is 45.2 Å². The summed E-state index contributed by atoms with van der Waals surface area (Å²) in [6, 6.07) is 6.80. The minimum Gasteiger partial charge on any atom is -0.479 e. The molecule has 0 aliphatic heterocycles. The summed E-state index contributed by atoms with van der Waals surface area (Å²) in [5, 5.41) is 2.75. The molecule has 1 atom stereocenters. The fraction of sp³-hybridized carbons (Fsp3) is 0.381. The molecule has 0 aliphatic rings. The Hall–Kier alpha value is -2.59. The van der Waals surface area contributed by atoms with Gasteiger partial charge >= 0.3 is 18.0 Å². The maximum absolute atomic E-state index is 12.2. The lowest BCUT2D eigenvalue weighted by Gasteiger charge is -2.17. The zero-order chi connectivity index (χ0) is 23.0. The molecule has 0 spiro atoms. The van der Waals surface area contributed by atoms with Gasteiger partial charge in [-0.25, -0.2) is 14.4 Å². The Bertz CT molecular complexity index is 929. The molecule has 1 aromatic carbocycles. The maximum Gasteiger partial charge on any atom is 0.351 e. The third-order valence-corrected chi connectivity index (χ3v) is 6.51. The van der Waals surface area contributed by atoms with E-state index in [2.05, 4.69) is 21.2 Å². The van der Waals surface area contributed by atoms with E-state index in [0.29, 0.717) is 4.47 Å². The van der Waals surface area contributed by atoms with Gasteiger partial charge in [0.25, 0.3) is 0 Å². The van der Waals surface area contributed by atoms with Gasteiger partial charge in [-0.3, -0.25) is 0 Å². The third-order valence-electron chi connectivity index (χ3n) is 4.29. The zero-order valence-corrected chi connectivity index (χ0v) is 19.9. The molecule has 2 aromatic rings. The number of methoxy groups -OCH3 is 1. The number of carbonyl (C=O) groups is 3. The van der Waals surface area contributed by atoms with Gasteiger partial charge in [0.2, 0.25) is 0 Å². The molecular weight excluding hydrogens is 488 g/mol. The smallest absolute Gasteiger partial charge is 0.351 e. The Morgan fingerprint density at radius 1 is 1.19 bits per heavy atom. The van der Waals surface area contributed by atoms with Crippen molar-refractivity contribution in [2.24, 2.45) is 5.73 Å². The predicted molar refractivity (Wildman–Crippen MR) is 121 cm³/mol. The van der Waals surface area contributed by atoms with Gasteiger partial charge in [-0.05, 0) is 40.4 Å². The van der Waals surface area contributed by atoms with Crippen LogP contribution in [0.15, 0.2) is 28.7 Å². The van der Waals surface area contributed by atoms with Gasteiger partial charge in [-0.1, -0.05) is 37.6 Å².